The van der Waals surface area contributed by atoms with Crippen molar-refractivity contribution in [3.05, 3.63) is 0 Å². The van der Waals surface area contributed by atoms with E-state index in [1.165, 1.54) is 0 Å². The van der Waals surface area contributed by atoms with Gasteiger partial charge in [-0.1, -0.05) is 6.92 Å². The van der Waals surface area contributed by atoms with E-state index >= 15 is 0 Å². The molecule has 0 saturated carbocycles. The number of rotatable bonds is 9. The number of nitrogens with two attached hydrogens (primary N) is 1. The third-order valence-corrected chi connectivity index (χ3v) is 3.10. The molecule has 2 radical (unpaired) electrons. The highest BCUT2D eigenvalue weighted by atomic mass is 28.2. The lowest BCUT2D eigenvalue weighted by Crippen LogP contribution is -2.32. The van der Waals surface area contributed by atoms with Gasteiger partial charge in [-0.25, -0.2) is 0 Å². The van der Waals surface area contributed by atoms with Crippen molar-refractivity contribution in [2.75, 3.05) is 13.2 Å². The van der Waals surface area contributed by atoms with E-state index in [0.29, 0.717) is 16.3 Å². The van der Waals surface area contributed by atoms with Gasteiger partial charge in [0.05, 0.1) is 6.42 Å². The van der Waals surface area contributed by atoms with E-state index in [1.807, 2.05) is 6.92 Å². The van der Waals surface area contributed by atoms with Crippen molar-refractivity contribution in [2.45, 2.75) is 32.7 Å². The Morgan fingerprint density at radius 1 is 1.47 bits per heavy atom. The molecule has 7 heteroatoms. The number of carbonyl (C=O) groups excluding carboxylic acids is 2. The Labute approximate surface area is 104 Å². The number of hydrogen-bond donors (Lipinski definition) is 2. The standard InChI is InChI=1S/C10H20N2O4Si/c1-3-15-17-6-4-5-12-10(14)8(2)7-9(13)16-11/h8H,3-7,11H2,1-2H3,(H,12,14). The van der Waals surface area contributed by atoms with Crippen LogP contribution in [0.3, 0.4) is 0 Å². The molecular weight excluding hydrogens is 240 g/mol. The summed E-state index contributed by atoms with van der Waals surface area (Å²) >= 11 is 0. The van der Waals surface area contributed by atoms with Crippen LogP contribution in [-0.2, 0) is 18.9 Å². The molecule has 17 heavy (non-hydrogen) atoms. The first-order chi connectivity index (χ1) is 8.11. The van der Waals surface area contributed by atoms with E-state index in [-0.39, 0.29) is 12.3 Å². The maximum absolute atomic E-state index is 11.5. The van der Waals surface area contributed by atoms with Crippen LogP contribution < -0.4 is 11.2 Å². The second kappa shape index (κ2) is 10.2. The van der Waals surface area contributed by atoms with E-state index in [2.05, 4.69) is 10.2 Å². The van der Waals surface area contributed by atoms with Crippen LogP contribution in [0.4, 0.5) is 0 Å². The summed E-state index contributed by atoms with van der Waals surface area (Å²) in [4.78, 5) is 26.3. The van der Waals surface area contributed by atoms with Crippen LogP contribution in [0.25, 0.3) is 0 Å². The largest absolute Gasteiger partial charge is 0.418 e. The molecule has 0 saturated heterocycles. The summed E-state index contributed by atoms with van der Waals surface area (Å²) in [6.07, 6.45) is 0.876. The summed E-state index contributed by atoms with van der Waals surface area (Å²) in [5.41, 5.74) is 0. The lowest BCUT2D eigenvalue weighted by molar-refractivity contribution is -0.147. The summed E-state index contributed by atoms with van der Waals surface area (Å²) in [5.74, 6) is 3.54. The molecule has 1 atom stereocenters. The molecule has 0 heterocycles. The van der Waals surface area contributed by atoms with Gasteiger partial charge < -0.3 is 14.6 Å². The molecule has 1 amide bonds. The molecule has 0 aliphatic carbocycles. The highest BCUT2D eigenvalue weighted by molar-refractivity contribution is 6.26. The number of amides is 1. The Hall–Kier alpha value is -0.923. The van der Waals surface area contributed by atoms with Crippen LogP contribution in [0, 0.1) is 5.92 Å². The lowest BCUT2D eigenvalue weighted by Gasteiger charge is -2.10. The highest BCUT2D eigenvalue weighted by Gasteiger charge is 2.16. The molecule has 1 unspecified atom stereocenters. The molecule has 0 aromatic carbocycles. The first-order valence-corrected chi connectivity index (χ1v) is 6.75. The first kappa shape index (κ1) is 16.1. The van der Waals surface area contributed by atoms with Crippen LogP contribution in [0.15, 0.2) is 0 Å². The maximum Gasteiger partial charge on any atom is 0.325 e. The third kappa shape index (κ3) is 8.84. The van der Waals surface area contributed by atoms with Crippen molar-refractivity contribution in [3.8, 4) is 0 Å². The average Bonchev–Trinajstić information content (AvgIpc) is 2.32. The molecular formula is C10H20N2O4Si. The molecule has 0 rings (SSSR count). The average molecular weight is 260 g/mol. The zero-order chi connectivity index (χ0) is 13.1. The van der Waals surface area contributed by atoms with Gasteiger partial charge in [0.1, 0.15) is 0 Å². The Bertz CT molecular complexity index is 238. The third-order valence-electron chi connectivity index (χ3n) is 2.05. The summed E-state index contributed by atoms with van der Waals surface area (Å²) < 4.78 is 5.20. The quantitative estimate of drug-likeness (QED) is 0.346. The Morgan fingerprint density at radius 2 is 2.18 bits per heavy atom. The predicted octanol–water partition coefficient (Wildman–Crippen LogP) is 0.00980. The summed E-state index contributed by atoms with van der Waals surface area (Å²) in [6.45, 7) is 4.94. The second-order valence-electron chi connectivity index (χ2n) is 3.57. The van der Waals surface area contributed by atoms with E-state index in [1.54, 1.807) is 6.92 Å². The fourth-order valence-corrected chi connectivity index (χ4v) is 1.78. The van der Waals surface area contributed by atoms with Gasteiger partial charge in [-0.15, -0.1) is 0 Å². The minimum absolute atomic E-state index is 0.00301. The SMILES string of the molecule is CCO[Si]CCCNC(=O)C(C)CC(=O)ON. The monoisotopic (exact) mass is 260 g/mol. The fourth-order valence-electron chi connectivity index (χ4n) is 1.11. The summed E-state index contributed by atoms with van der Waals surface area (Å²) in [7, 11) is 0.484. The number of hydrogen-bond acceptors (Lipinski definition) is 5. The van der Waals surface area contributed by atoms with E-state index in [0.717, 1.165) is 19.1 Å². The molecule has 0 bridgehead atoms. The molecule has 3 N–H and O–H groups in total. The van der Waals surface area contributed by atoms with Gasteiger partial charge in [0, 0.05) is 19.1 Å². The second-order valence-corrected chi connectivity index (χ2v) is 4.64. The minimum Gasteiger partial charge on any atom is -0.418 e. The molecule has 6 nitrogen and oxygen atoms in total. The smallest absolute Gasteiger partial charge is 0.325 e. The van der Waals surface area contributed by atoms with Gasteiger partial charge in [0.25, 0.3) is 0 Å². The Morgan fingerprint density at radius 3 is 2.76 bits per heavy atom. The highest BCUT2D eigenvalue weighted by Crippen LogP contribution is 2.02. The van der Waals surface area contributed by atoms with Crippen LogP contribution in [-0.4, -0.2) is 34.8 Å². The molecule has 0 fully saturated rings. The molecule has 0 aliphatic heterocycles. The van der Waals surface area contributed by atoms with Crippen LogP contribution in [0.2, 0.25) is 6.04 Å². The van der Waals surface area contributed by atoms with Crippen LogP contribution in [0.5, 0.6) is 0 Å². The minimum atomic E-state index is -0.578. The topological polar surface area (TPSA) is 90.6 Å². The van der Waals surface area contributed by atoms with Gasteiger partial charge in [-0.3, -0.25) is 9.59 Å². The first-order valence-electron chi connectivity index (χ1n) is 5.63. The normalized spacial score (nSPS) is 11.9. The molecule has 0 aliphatic rings. The van der Waals surface area contributed by atoms with Crippen molar-refractivity contribution in [1.82, 2.24) is 5.32 Å². The van der Waals surface area contributed by atoms with E-state index < -0.39 is 11.9 Å². The number of nitrogens with one attached hydrogen (secondary N) is 1. The molecule has 0 aromatic rings. The fraction of sp³-hybridized carbons (Fsp3) is 0.800. The van der Waals surface area contributed by atoms with Gasteiger partial charge >= 0.3 is 5.97 Å². The van der Waals surface area contributed by atoms with Crippen molar-refractivity contribution in [1.29, 1.82) is 0 Å². The molecule has 0 aromatic heterocycles. The van der Waals surface area contributed by atoms with Crippen molar-refractivity contribution in [2.24, 2.45) is 11.8 Å². The molecule has 0 spiro atoms. The summed E-state index contributed by atoms with van der Waals surface area (Å²) in [5, 5.41) is 2.75. The van der Waals surface area contributed by atoms with Crippen molar-refractivity contribution < 1.29 is 18.9 Å². The van der Waals surface area contributed by atoms with Crippen molar-refractivity contribution in [3.63, 3.8) is 0 Å². The zero-order valence-electron chi connectivity index (χ0n) is 10.3. The Balaban J connectivity index is 3.54. The van der Waals surface area contributed by atoms with Gasteiger partial charge in [0.2, 0.25) is 15.7 Å². The lowest BCUT2D eigenvalue weighted by atomic mass is 10.1. The van der Waals surface area contributed by atoms with E-state index in [4.69, 9.17) is 10.3 Å². The van der Waals surface area contributed by atoms with Crippen LogP contribution >= 0.6 is 0 Å². The van der Waals surface area contributed by atoms with E-state index in [9.17, 15) is 9.59 Å². The maximum atomic E-state index is 11.5. The number of carbonyl (C=O) groups is 2. The van der Waals surface area contributed by atoms with Gasteiger partial charge in [-0.05, 0) is 19.4 Å². The summed E-state index contributed by atoms with van der Waals surface area (Å²) in [6, 6.07) is 0.938. The molecule has 98 valence electrons. The predicted molar refractivity (Wildman–Crippen MR) is 63.9 cm³/mol. The van der Waals surface area contributed by atoms with Gasteiger partial charge in [0.15, 0.2) is 0 Å². The van der Waals surface area contributed by atoms with Crippen LogP contribution in [0.1, 0.15) is 26.7 Å². The zero-order valence-corrected chi connectivity index (χ0v) is 11.3. The van der Waals surface area contributed by atoms with Gasteiger partial charge in [-0.2, -0.15) is 5.90 Å². The van der Waals surface area contributed by atoms with Crippen molar-refractivity contribution >= 4 is 21.6 Å². The Kier molecular flexibility index (Phi) is 9.69.